The third-order valence-corrected chi connectivity index (χ3v) is 3.56. The minimum atomic E-state index is -6.17. The molecule has 0 aromatic heterocycles. The molecule has 0 saturated heterocycles. The van der Waals surface area contributed by atoms with Gasteiger partial charge in [-0.25, -0.2) is 0 Å². The maximum atomic E-state index is 12.7. The highest BCUT2D eigenvalue weighted by Gasteiger charge is 2.53. The van der Waals surface area contributed by atoms with E-state index in [1.54, 1.807) is 0 Å². The number of rotatable bonds is 0. The first kappa shape index (κ1) is 20.2. The monoisotopic (exact) mass is 476 g/mol. The van der Waals surface area contributed by atoms with Gasteiger partial charge in [0.05, 0.1) is 22.3 Å². The Balaban J connectivity index is 4.13. The van der Waals surface area contributed by atoms with E-state index in [0.717, 1.165) is 0 Å². The fourth-order valence-corrected chi connectivity index (χ4v) is 2.69. The highest BCUT2D eigenvalue weighted by molar-refractivity contribution is 14.1. The summed E-state index contributed by atoms with van der Waals surface area (Å²) in [6.45, 7) is 0. The van der Waals surface area contributed by atoms with E-state index in [-0.39, 0.29) is 0 Å². The molecule has 0 radical (unpaired) electrons. The van der Waals surface area contributed by atoms with Crippen molar-refractivity contribution in [2.75, 3.05) is 0 Å². The molecule has 0 nitrogen and oxygen atoms in total. The molecule has 23 heavy (non-hydrogen) atoms. The summed E-state index contributed by atoms with van der Waals surface area (Å²) in [6.07, 6.45) is -24.0. The largest absolute Gasteiger partial charge is 0.418 e. The Hall–Kier alpha value is -0.890. The van der Waals surface area contributed by atoms with Crippen molar-refractivity contribution in [2.45, 2.75) is 24.7 Å². The van der Waals surface area contributed by atoms with Gasteiger partial charge in [-0.05, 0) is 28.7 Å². The summed E-state index contributed by atoms with van der Waals surface area (Å²) in [5.41, 5.74) is -11.7. The second-order valence-electron chi connectivity index (χ2n) is 4.03. The van der Waals surface area contributed by atoms with Gasteiger partial charge in [-0.2, -0.15) is 52.7 Å². The average molecular weight is 476 g/mol. The predicted octanol–water partition coefficient (Wildman–Crippen LogP) is 6.37. The van der Waals surface area contributed by atoms with Crippen LogP contribution in [0.3, 0.4) is 0 Å². The van der Waals surface area contributed by atoms with Gasteiger partial charge in [0.25, 0.3) is 0 Å². The third kappa shape index (κ3) is 4.15. The van der Waals surface area contributed by atoms with Crippen LogP contribution in [0.15, 0.2) is 6.07 Å². The van der Waals surface area contributed by atoms with Crippen LogP contribution in [-0.4, -0.2) is 0 Å². The number of hydrogen-bond donors (Lipinski definition) is 0. The molecule has 0 bridgehead atoms. The maximum Gasteiger partial charge on any atom is 0.418 e. The summed E-state index contributed by atoms with van der Waals surface area (Å²) in [5, 5.41) is 0. The van der Waals surface area contributed by atoms with Gasteiger partial charge in [-0.15, -0.1) is 0 Å². The van der Waals surface area contributed by atoms with Gasteiger partial charge < -0.3 is 0 Å². The van der Waals surface area contributed by atoms with E-state index in [4.69, 9.17) is 0 Å². The van der Waals surface area contributed by atoms with Crippen molar-refractivity contribution in [1.82, 2.24) is 0 Å². The molecule has 0 N–H and O–H groups in total. The third-order valence-electron chi connectivity index (χ3n) is 2.44. The smallest absolute Gasteiger partial charge is 0.166 e. The van der Waals surface area contributed by atoms with Gasteiger partial charge in [0.1, 0.15) is 0 Å². The molecule has 0 atom stereocenters. The average Bonchev–Trinajstić information content (AvgIpc) is 2.21. The Morgan fingerprint density at radius 3 is 1.13 bits per heavy atom. The predicted molar refractivity (Wildman–Crippen MR) is 59.2 cm³/mol. The van der Waals surface area contributed by atoms with Crippen molar-refractivity contribution in [3.63, 3.8) is 0 Å². The van der Waals surface area contributed by atoms with E-state index < -0.39 is 56.6 Å². The first-order valence-corrected chi connectivity index (χ1v) is 6.11. The van der Waals surface area contributed by atoms with Gasteiger partial charge in [0.2, 0.25) is 0 Å². The molecule has 1 rings (SSSR count). The van der Waals surface area contributed by atoms with Crippen molar-refractivity contribution in [3.8, 4) is 0 Å². The topological polar surface area (TPSA) is 0 Å². The van der Waals surface area contributed by atoms with Crippen LogP contribution in [-0.2, 0) is 24.7 Å². The van der Waals surface area contributed by atoms with Crippen LogP contribution in [0.4, 0.5) is 52.7 Å². The minimum Gasteiger partial charge on any atom is -0.166 e. The highest BCUT2D eigenvalue weighted by Crippen LogP contribution is 2.51. The van der Waals surface area contributed by atoms with Gasteiger partial charge in [-0.1, -0.05) is 0 Å². The molecule has 0 heterocycles. The van der Waals surface area contributed by atoms with E-state index in [9.17, 15) is 52.7 Å². The zero-order valence-electron chi connectivity index (χ0n) is 9.99. The lowest BCUT2D eigenvalue weighted by Gasteiger charge is -2.24. The summed E-state index contributed by atoms with van der Waals surface area (Å²) in [7, 11) is 0. The summed E-state index contributed by atoms with van der Waals surface area (Å²) < 4.78 is 150. The quantitative estimate of drug-likeness (QED) is 0.302. The molecule has 0 unspecified atom stereocenters. The Bertz CT molecular complexity index is 601. The van der Waals surface area contributed by atoms with Gasteiger partial charge in [-0.3, -0.25) is 0 Å². The summed E-state index contributed by atoms with van der Waals surface area (Å²) in [5.74, 6) is 0. The van der Waals surface area contributed by atoms with Crippen LogP contribution in [0.5, 0.6) is 0 Å². The van der Waals surface area contributed by atoms with Gasteiger partial charge in [0.15, 0.2) is 0 Å². The van der Waals surface area contributed by atoms with Crippen molar-refractivity contribution < 1.29 is 52.7 Å². The Morgan fingerprint density at radius 1 is 0.522 bits per heavy atom. The first-order chi connectivity index (χ1) is 9.88. The molecule has 0 aliphatic carbocycles. The molecule has 1 aromatic carbocycles. The first-order valence-electron chi connectivity index (χ1n) is 5.03. The van der Waals surface area contributed by atoms with Crippen LogP contribution < -0.4 is 0 Å². The number of halogens is 13. The molecule has 13 heteroatoms. The van der Waals surface area contributed by atoms with Crippen molar-refractivity contribution >= 4 is 22.6 Å². The summed E-state index contributed by atoms with van der Waals surface area (Å²) >= 11 is 0.295. The Labute approximate surface area is 132 Å². The van der Waals surface area contributed by atoms with Crippen molar-refractivity contribution in [3.05, 3.63) is 31.9 Å². The van der Waals surface area contributed by atoms with E-state index in [1.807, 2.05) is 0 Å². The van der Waals surface area contributed by atoms with Crippen LogP contribution >= 0.6 is 22.6 Å². The fourth-order valence-electron chi connectivity index (χ4n) is 1.65. The SMILES string of the molecule is FC(F)(F)c1cc(C(F)(F)F)c(C(F)(F)F)c(C(F)(F)F)c1I. The van der Waals surface area contributed by atoms with E-state index in [2.05, 4.69) is 0 Å². The lowest BCUT2D eigenvalue weighted by molar-refractivity contribution is -0.176. The molecule has 0 saturated carbocycles. The number of benzene rings is 1. The van der Waals surface area contributed by atoms with Crippen LogP contribution in [0.25, 0.3) is 0 Å². The molecule has 0 amide bonds. The highest BCUT2D eigenvalue weighted by atomic mass is 127. The lowest BCUT2D eigenvalue weighted by Crippen LogP contribution is -2.27. The summed E-state index contributed by atoms with van der Waals surface area (Å²) in [4.78, 5) is 0. The molecular formula is C10HF12I. The van der Waals surface area contributed by atoms with Crippen LogP contribution in [0, 0.1) is 3.57 Å². The number of alkyl halides is 12. The second kappa shape index (κ2) is 5.58. The van der Waals surface area contributed by atoms with Crippen molar-refractivity contribution in [2.24, 2.45) is 0 Å². The van der Waals surface area contributed by atoms with Gasteiger partial charge >= 0.3 is 24.7 Å². The molecule has 0 aliphatic heterocycles. The summed E-state index contributed by atoms with van der Waals surface area (Å²) in [6, 6.07) is -0.972. The molecule has 0 spiro atoms. The molecule has 1 aromatic rings. The zero-order valence-corrected chi connectivity index (χ0v) is 12.1. The van der Waals surface area contributed by atoms with Gasteiger partial charge in [0, 0.05) is 3.57 Å². The van der Waals surface area contributed by atoms with Crippen LogP contribution in [0.1, 0.15) is 22.3 Å². The van der Waals surface area contributed by atoms with E-state index in [0.29, 0.717) is 22.6 Å². The normalized spacial score (nSPS) is 14.3. The molecular weight excluding hydrogens is 475 g/mol. The standard InChI is InChI=1S/C10HF12I/c11-7(12,13)2-1-3(8(14,15)16)6(23)5(10(20,21)22)4(2)9(17,18)19/h1H. The number of hydrogen-bond acceptors (Lipinski definition) is 0. The second-order valence-corrected chi connectivity index (χ2v) is 5.11. The zero-order chi connectivity index (χ0) is 18.6. The lowest BCUT2D eigenvalue weighted by atomic mass is 9.95. The Morgan fingerprint density at radius 2 is 0.870 bits per heavy atom. The van der Waals surface area contributed by atoms with Crippen LogP contribution in [0.2, 0.25) is 0 Å². The maximum absolute atomic E-state index is 12.7. The van der Waals surface area contributed by atoms with E-state index in [1.165, 1.54) is 0 Å². The molecule has 132 valence electrons. The molecule has 0 aliphatic rings. The Kier molecular flexibility index (Phi) is 4.89. The van der Waals surface area contributed by atoms with E-state index >= 15 is 0 Å². The minimum absolute atomic E-state index is 0.295. The fraction of sp³-hybridized carbons (Fsp3) is 0.400. The van der Waals surface area contributed by atoms with Crippen molar-refractivity contribution in [1.29, 1.82) is 0 Å². The molecule has 0 fully saturated rings.